The standard InChI is InChI=1S/C17H13ClFN3O3S/c1-26(24,25)14-5-11(4-12(19)6-14)17(23)21-9-13-7-15-10(8-20-13)2-3-16(18)22-15/h2-8H,9H2,1H3,(H,21,23). The molecule has 134 valence electrons. The molecule has 3 aromatic rings. The quantitative estimate of drug-likeness (QED) is 0.688. The van der Waals surface area contributed by atoms with Gasteiger partial charge in [0.25, 0.3) is 5.91 Å². The Morgan fingerprint density at radius 2 is 2.00 bits per heavy atom. The molecule has 1 N–H and O–H groups in total. The van der Waals surface area contributed by atoms with Gasteiger partial charge in [-0.15, -0.1) is 0 Å². The summed E-state index contributed by atoms with van der Waals surface area (Å²) >= 11 is 5.86. The van der Waals surface area contributed by atoms with Crippen LogP contribution in [0.15, 0.2) is 47.5 Å². The van der Waals surface area contributed by atoms with Crippen molar-refractivity contribution < 1.29 is 17.6 Å². The maximum atomic E-state index is 13.6. The SMILES string of the molecule is CS(=O)(=O)c1cc(F)cc(C(=O)NCc2cc3nc(Cl)ccc3cn2)c1. The number of nitrogens with zero attached hydrogens (tertiary/aromatic N) is 2. The highest BCUT2D eigenvalue weighted by Crippen LogP contribution is 2.16. The Labute approximate surface area is 154 Å². The first kappa shape index (κ1) is 18.2. The molecule has 0 aliphatic rings. The summed E-state index contributed by atoms with van der Waals surface area (Å²) in [6.07, 6.45) is 2.55. The fourth-order valence-corrected chi connectivity index (χ4v) is 3.13. The molecule has 1 amide bonds. The Morgan fingerprint density at radius 1 is 1.23 bits per heavy atom. The van der Waals surface area contributed by atoms with Crippen LogP contribution in [0, 0.1) is 5.82 Å². The molecule has 9 heteroatoms. The van der Waals surface area contributed by atoms with Gasteiger partial charge in [-0.3, -0.25) is 9.78 Å². The van der Waals surface area contributed by atoms with E-state index in [9.17, 15) is 17.6 Å². The monoisotopic (exact) mass is 393 g/mol. The molecule has 1 aromatic carbocycles. The second-order valence-corrected chi connectivity index (χ2v) is 8.04. The molecule has 0 aliphatic heterocycles. The Morgan fingerprint density at radius 3 is 2.73 bits per heavy atom. The summed E-state index contributed by atoms with van der Waals surface area (Å²) in [5.41, 5.74) is 1.06. The van der Waals surface area contributed by atoms with Crippen molar-refractivity contribution >= 4 is 38.2 Å². The van der Waals surface area contributed by atoms with E-state index < -0.39 is 21.6 Å². The number of fused-ring (bicyclic) bond motifs is 1. The predicted molar refractivity (Wildman–Crippen MR) is 95.2 cm³/mol. The molecule has 0 atom stereocenters. The van der Waals surface area contributed by atoms with Crippen LogP contribution in [0.4, 0.5) is 4.39 Å². The third-order valence-electron chi connectivity index (χ3n) is 3.59. The number of pyridine rings is 2. The summed E-state index contributed by atoms with van der Waals surface area (Å²) in [5, 5.41) is 3.71. The lowest BCUT2D eigenvalue weighted by Crippen LogP contribution is -2.23. The Hall–Kier alpha value is -2.58. The average molecular weight is 394 g/mol. The van der Waals surface area contributed by atoms with Gasteiger partial charge in [0.1, 0.15) is 11.0 Å². The van der Waals surface area contributed by atoms with E-state index >= 15 is 0 Å². The lowest BCUT2D eigenvalue weighted by atomic mass is 10.2. The fraction of sp³-hybridized carbons (Fsp3) is 0.118. The Bertz CT molecular complexity index is 1120. The van der Waals surface area contributed by atoms with Crippen LogP contribution in [-0.2, 0) is 16.4 Å². The highest BCUT2D eigenvalue weighted by atomic mass is 35.5. The first-order valence-corrected chi connectivity index (χ1v) is 9.69. The van der Waals surface area contributed by atoms with Gasteiger partial charge in [-0.2, -0.15) is 0 Å². The minimum atomic E-state index is -3.63. The van der Waals surface area contributed by atoms with E-state index in [0.717, 1.165) is 29.8 Å². The maximum absolute atomic E-state index is 13.6. The number of rotatable bonds is 4. The molecule has 0 saturated carbocycles. The van der Waals surface area contributed by atoms with Crippen molar-refractivity contribution in [1.82, 2.24) is 15.3 Å². The maximum Gasteiger partial charge on any atom is 0.251 e. The summed E-state index contributed by atoms with van der Waals surface area (Å²) in [7, 11) is -3.63. The first-order chi connectivity index (χ1) is 12.2. The van der Waals surface area contributed by atoms with Crippen LogP contribution in [-0.4, -0.2) is 30.5 Å². The number of halogens is 2. The van der Waals surface area contributed by atoms with Crippen LogP contribution in [0.25, 0.3) is 10.9 Å². The van der Waals surface area contributed by atoms with Crippen LogP contribution in [0.5, 0.6) is 0 Å². The van der Waals surface area contributed by atoms with Gasteiger partial charge in [-0.1, -0.05) is 11.6 Å². The van der Waals surface area contributed by atoms with Gasteiger partial charge >= 0.3 is 0 Å². The molecule has 0 fully saturated rings. The van der Waals surface area contributed by atoms with Crippen LogP contribution >= 0.6 is 11.6 Å². The van der Waals surface area contributed by atoms with Crippen molar-refractivity contribution in [3.63, 3.8) is 0 Å². The van der Waals surface area contributed by atoms with E-state index in [1.807, 2.05) is 0 Å². The molecule has 0 saturated heterocycles. The second kappa shape index (κ2) is 6.97. The average Bonchev–Trinajstić information content (AvgIpc) is 2.58. The molecule has 6 nitrogen and oxygen atoms in total. The molecule has 0 radical (unpaired) electrons. The van der Waals surface area contributed by atoms with Gasteiger partial charge < -0.3 is 5.32 Å². The summed E-state index contributed by atoms with van der Waals surface area (Å²) < 4.78 is 36.7. The molecule has 2 aromatic heterocycles. The normalized spacial score (nSPS) is 11.5. The summed E-state index contributed by atoms with van der Waals surface area (Å²) in [5.74, 6) is -1.42. The van der Waals surface area contributed by atoms with Crippen molar-refractivity contribution in [3.8, 4) is 0 Å². The number of hydrogen-bond acceptors (Lipinski definition) is 5. The van der Waals surface area contributed by atoms with Crippen molar-refractivity contribution in [2.24, 2.45) is 0 Å². The summed E-state index contributed by atoms with van der Waals surface area (Å²) in [6, 6.07) is 8.07. The van der Waals surface area contributed by atoms with E-state index in [-0.39, 0.29) is 17.0 Å². The number of hydrogen-bond donors (Lipinski definition) is 1. The number of carbonyl (C=O) groups excluding carboxylic acids is 1. The number of carbonyl (C=O) groups is 1. The van der Waals surface area contributed by atoms with Gasteiger partial charge in [-0.25, -0.2) is 17.8 Å². The van der Waals surface area contributed by atoms with Crippen molar-refractivity contribution in [2.45, 2.75) is 11.4 Å². The van der Waals surface area contributed by atoms with Crippen LogP contribution < -0.4 is 5.32 Å². The van der Waals surface area contributed by atoms with E-state index in [2.05, 4.69) is 15.3 Å². The lowest BCUT2D eigenvalue weighted by molar-refractivity contribution is 0.0949. The zero-order valence-corrected chi connectivity index (χ0v) is 15.1. The van der Waals surface area contributed by atoms with Gasteiger partial charge in [0, 0.05) is 23.4 Å². The number of sulfone groups is 1. The van der Waals surface area contributed by atoms with Gasteiger partial charge in [0.2, 0.25) is 0 Å². The second-order valence-electron chi connectivity index (χ2n) is 5.63. The predicted octanol–water partition coefficient (Wildman–Crippen LogP) is 2.76. The molecule has 26 heavy (non-hydrogen) atoms. The Kier molecular flexibility index (Phi) is 4.88. The minimum absolute atomic E-state index is 0.0632. The summed E-state index contributed by atoms with van der Waals surface area (Å²) in [4.78, 5) is 20.3. The van der Waals surface area contributed by atoms with Crippen molar-refractivity contribution in [1.29, 1.82) is 0 Å². The number of aromatic nitrogens is 2. The van der Waals surface area contributed by atoms with Crippen LogP contribution in [0.3, 0.4) is 0 Å². The number of nitrogens with one attached hydrogen (secondary N) is 1. The highest BCUT2D eigenvalue weighted by molar-refractivity contribution is 7.90. The summed E-state index contributed by atoms with van der Waals surface area (Å²) in [6.45, 7) is 0.0632. The molecule has 2 heterocycles. The third-order valence-corrected chi connectivity index (χ3v) is 4.89. The Balaban J connectivity index is 1.80. The first-order valence-electron chi connectivity index (χ1n) is 7.42. The number of amides is 1. The van der Waals surface area contributed by atoms with E-state index in [0.29, 0.717) is 16.4 Å². The molecular formula is C17H13ClFN3O3S. The van der Waals surface area contributed by atoms with Crippen molar-refractivity contribution in [2.75, 3.05) is 6.26 Å². The molecular weight excluding hydrogens is 381 g/mol. The van der Waals surface area contributed by atoms with Gasteiger partial charge in [0.15, 0.2) is 9.84 Å². The highest BCUT2D eigenvalue weighted by Gasteiger charge is 2.14. The zero-order chi connectivity index (χ0) is 18.9. The molecule has 0 bridgehead atoms. The third kappa shape index (κ3) is 4.14. The van der Waals surface area contributed by atoms with E-state index in [1.54, 1.807) is 24.4 Å². The van der Waals surface area contributed by atoms with Gasteiger partial charge in [-0.05, 0) is 36.4 Å². The van der Waals surface area contributed by atoms with Crippen molar-refractivity contribution in [3.05, 3.63) is 64.8 Å². The fourth-order valence-electron chi connectivity index (χ4n) is 2.31. The zero-order valence-electron chi connectivity index (χ0n) is 13.5. The molecule has 0 aliphatic carbocycles. The van der Waals surface area contributed by atoms with Crippen LogP contribution in [0.1, 0.15) is 16.1 Å². The number of benzene rings is 1. The topological polar surface area (TPSA) is 89.0 Å². The molecule has 0 spiro atoms. The lowest BCUT2D eigenvalue weighted by Gasteiger charge is -2.07. The molecule has 0 unspecified atom stereocenters. The van der Waals surface area contributed by atoms with Crippen LogP contribution in [0.2, 0.25) is 5.15 Å². The largest absolute Gasteiger partial charge is 0.346 e. The minimum Gasteiger partial charge on any atom is -0.346 e. The van der Waals surface area contributed by atoms with E-state index in [1.165, 1.54) is 0 Å². The smallest absolute Gasteiger partial charge is 0.251 e. The van der Waals surface area contributed by atoms with Gasteiger partial charge in [0.05, 0.1) is 22.7 Å². The van der Waals surface area contributed by atoms with E-state index in [4.69, 9.17) is 11.6 Å². The molecule has 3 rings (SSSR count).